The second-order valence-electron chi connectivity index (χ2n) is 6.73. The van der Waals surface area contributed by atoms with E-state index in [-0.39, 0.29) is 22.4 Å². The number of amides is 2. The maximum atomic E-state index is 13.6. The maximum Gasteiger partial charge on any atom is 0.270 e. The molecule has 5 nitrogen and oxygen atoms in total. The van der Waals surface area contributed by atoms with Crippen molar-refractivity contribution in [2.45, 2.75) is 33.7 Å². The van der Waals surface area contributed by atoms with Gasteiger partial charge in [-0.2, -0.15) is 0 Å². The summed E-state index contributed by atoms with van der Waals surface area (Å²) in [6.07, 6.45) is 1.56. The number of nitrogens with one attached hydrogen (secondary N) is 1. The van der Waals surface area contributed by atoms with Crippen LogP contribution in [-0.4, -0.2) is 21.5 Å². The smallest absolute Gasteiger partial charge is 0.270 e. The number of rotatable bonds is 3. The Kier molecular flexibility index (Phi) is 4.97. The van der Waals surface area contributed by atoms with Crippen molar-refractivity contribution < 1.29 is 14.0 Å². The van der Waals surface area contributed by atoms with Gasteiger partial charge in [-0.15, -0.1) is 0 Å². The quantitative estimate of drug-likeness (QED) is 0.498. The van der Waals surface area contributed by atoms with Crippen molar-refractivity contribution >= 4 is 40.9 Å². The number of hydrogen-bond acceptors (Lipinski definition) is 3. The lowest BCUT2D eigenvalue weighted by molar-refractivity contribution is -0.122. The molecule has 0 bridgehead atoms. The van der Waals surface area contributed by atoms with Crippen molar-refractivity contribution in [3.8, 4) is 0 Å². The Morgan fingerprint density at radius 1 is 1.19 bits per heavy atom. The number of halogens is 1. The fraction of sp³-hybridized carbons (Fsp3) is 0.250. The number of aromatic nitrogens is 1. The van der Waals surface area contributed by atoms with Gasteiger partial charge in [-0.05, 0) is 75.8 Å². The first-order valence-corrected chi connectivity index (χ1v) is 8.97. The molecule has 27 heavy (non-hydrogen) atoms. The van der Waals surface area contributed by atoms with E-state index >= 15 is 0 Å². The maximum absolute atomic E-state index is 13.6. The number of anilines is 1. The second-order valence-corrected chi connectivity index (χ2v) is 7.11. The molecule has 2 amide bonds. The van der Waals surface area contributed by atoms with Crippen LogP contribution < -0.4 is 10.2 Å². The zero-order valence-electron chi connectivity index (χ0n) is 15.5. The van der Waals surface area contributed by atoms with Crippen LogP contribution >= 0.6 is 12.2 Å². The van der Waals surface area contributed by atoms with Crippen molar-refractivity contribution in [3.63, 3.8) is 0 Å². The van der Waals surface area contributed by atoms with Crippen LogP contribution in [0.2, 0.25) is 0 Å². The molecule has 0 aliphatic carbocycles. The first kappa shape index (κ1) is 19.0. The van der Waals surface area contributed by atoms with E-state index in [1.165, 1.54) is 18.2 Å². The standard InChI is InChI=1S/C20H20FN3O2S/c1-11(2)23-12(3)8-14(13(23)4)9-17-18(25)22-20(27)24(19(17)26)16-7-5-6-15(21)10-16/h5-11H,1-4H3,(H,22,25,27)/b17-9-. The summed E-state index contributed by atoms with van der Waals surface area (Å²) in [4.78, 5) is 26.5. The summed E-state index contributed by atoms with van der Waals surface area (Å²) in [5, 5.41) is 2.44. The molecule has 140 valence electrons. The zero-order valence-corrected chi connectivity index (χ0v) is 16.4. The third-order valence-electron chi connectivity index (χ3n) is 4.51. The van der Waals surface area contributed by atoms with E-state index in [0.717, 1.165) is 21.9 Å². The third kappa shape index (κ3) is 3.42. The molecular weight excluding hydrogens is 365 g/mol. The minimum Gasteiger partial charge on any atom is -0.346 e. The van der Waals surface area contributed by atoms with Gasteiger partial charge in [-0.3, -0.25) is 19.8 Å². The zero-order chi connectivity index (χ0) is 19.9. The van der Waals surface area contributed by atoms with Crippen LogP contribution in [-0.2, 0) is 9.59 Å². The van der Waals surface area contributed by atoms with Crippen LogP contribution in [0.15, 0.2) is 35.9 Å². The fourth-order valence-corrected chi connectivity index (χ4v) is 3.69. The van der Waals surface area contributed by atoms with Crippen molar-refractivity contribution in [2.75, 3.05) is 4.90 Å². The lowest BCUT2D eigenvalue weighted by atomic mass is 10.1. The highest BCUT2D eigenvalue weighted by Gasteiger charge is 2.34. The molecule has 1 fully saturated rings. The van der Waals surface area contributed by atoms with Crippen molar-refractivity contribution in [3.05, 3.63) is 58.7 Å². The van der Waals surface area contributed by atoms with Crippen LogP contribution in [0.3, 0.4) is 0 Å². The van der Waals surface area contributed by atoms with Gasteiger partial charge >= 0.3 is 0 Å². The first-order chi connectivity index (χ1) is 12.7. The fourth-order valence-electron chi connectivity index (χ4n) is 3.41. The van der Waals surface area contributed by atoms with Gasteiger partial charge in [0.1, 0.15) is 11.4 Å². The molecule has 7 heteroatoms. The molecule has 2 heterocycles. The molecule has 1 aliphatic rings. The first-order valence-electron chi connectivity index (χ1n) is 8.56. The lowest BCUT2D eigenvalue weighted by Gasteiger charge is -2.28. The largest absolute Gasteiger partial charge is 0.346 e. The molecule has 0 spiro atoms. The van der Waals surface area contributed by atoms with Crippen LogP contribution in [0.25, 0.3) is 6.08 Å². The summed E-state index contributed by atoms with van der Waals surface area (Å²) in [7, 11) is 0. The topological polar surface area (TPSA) is 54.3 Å². The van der Waals surface area contributed by atoms with E-state index in [9.17, 15) is 14.0 Å². The Bertz CT molecular complexity index is 991. The molecule has 1 aliphatic heterocycles. The summed E-state index contributed by atoms with van der Waals surface area (Å²) in [5.41, 5.74) is 3.00. The number of nitrogens with zero attached hydrogens (tertiary/aromatic N) is 2. The monoisotopic (exact) mass is 385 g/mol. The van der Waals surface area contributed by atoms with E-state index in [0.29, 0.717) is 0 Å². The lowest BCUT2D eigenvalue weighted by Crippen LogP contribution is -2.54. The molecule has 1 N–H and O–H groups in total. The summed E-state index contributed by atoms with van der Waals surface area (Å²) in [5.74, 6) is -1.64. The van der Waals surface area contributed by atoms with Gasteiger partial charge in [-0.25, -0.2) is 4.39 Å². The average Bonchev–Trinajstić information content (AvgIpc) is 2.85. The Morgan fingerprint density at radius 3 is 2.48 bits per heavy atom. The van der Waals surface area contributed by atoms with Crippen LogP contribution in [0.4, 0.5) is 10.1 Å². The Labute approximate surface area is 162 Å². The van der Waals surface area contributed by atoms with E-state index in [1.807, 2.05) is 19.9 Å². The molecule has 0 unspecified atom stereocenters. The summed E-state index contributed by atoms with van der Waals surface area (Å²) < 4.78 is 15.7. The molecule has 3 rings (SSSR count). The Balaban J connectivity index is 2.06. The molecule has 0 atom stereocenters. The molecule has 1 aromatic carbocycles. The number of aryl methyl sites for hydroxylation is 1. The number of carbonyl (C=O) groups excluding carboxylic acids is 2. The Hall–Kier alpha value is -2.80. The van der Waals surface area contributed by atoms with Crippen LogP contribution in [0, 0.1) is 19.7 Å². The minimum atomic E-state index is -0.580. The molecule has 0 saturated carbocycles. The predicted octanol–water partition coefficient (Wildman–Crippen LogP) is 3.66. The van der Waals surface area contributed by atoms with Crippen LogP contribution in [0.5, 0.6) is 0 Å². The number of hydrogen-bond donors (Lipinski definition) is 1. The van der Waals surface area contributed by atoms with Gasteiger partial charge in [0, 0.05) is 17.4 Å². The van der Waals surface area contributed by atoms with Crippen LogP contribution in [0.1, 0.15) is 36.8 Å². The van der Waals surface area contributed by atoms with Gasteiger partial charge < -0.3 is 4.57 Å². The molecule has 1 aromatic heterocycles. The Morgan fingerprint density at radius 2 is 1.89 bits per heavy atom. The predicted molar refractivity (Wildman–Crippen MR) is 107 cm³/mol. The molecule has 0 radical (unpaired) electrons. The number of thiocarbonyl (C=S) groups is 1. The summed E-state index contributed by atoms with van der Waals surface area (Å²) in [6.45, 7) is 8.06. The number of benzene rings is 1. The highest BCUT2D eigenvalue weighted by molar-refractivity contribution is 7.80. The molecule has 2 aromatic rings. The van der Waals surface area contributed by atoms with Gasteiger partial charge in [0.2, 0.25) is 0 Å². The molecule has 1 saturated heterocycles. The SMILES string of the molecule is Cc1cc(/C=C2/C(=O)NC(=S)N(c3cccc(F)c3)C2=O)c(C)n1C(C)C. The van der Waals surface area contributed by atoms with E-state index < -0.39 is 17.6 Å². The summed E-state index contributed by atoms with van der Waals surface area (Å²) in [6, 6.07) is 7.71. The van der Waals surface area contributed by atoms with Crippen molar-refractivity contribution in [2.24, 2.45) is 0 Å². The molecular formula is C20H20FN3O2S. The third-order valence-corrected chi connectivity index (χ3v) is 4.79. The van der Waals surface area contributed by atoms with E-state index in [1.54, 1.807) is 12.1 Å². The van der Waals surface area contributed by atoms with Crippen molar-refractivity contribution in [1.82, 2.24) is 9.88 Å². The van der Waals surface area contributed by atoms with Gasteiger partial charge in [0.25, 0.3) is 11.8 Å². The van der Waals surface area contributed by atoms with E-state index in [2.05, 4.69) is 23.7 Å². The highest BCUT2D eigenvalue weighted by atomic mass is 32.1. The van der Waals surface area contributed by atoms with Gasteiger partial charge in [0.15, 0.2) is 5.11 Å². The van der Waals surface area contributed by atoms with Gasteiger partial charge in [0.05, 0.1) is 5.69 Å². The van der Waals surface area contributed by atoms with Gasteiger partial charge in [-0.1, -0.05) is 6.07 Å². The number of carbonyl (C=O) groups is 2. The normalized spacial score (nSPS) is 16.4. The summed E-state index contributed by atoms with van der Waals surface area (Å²) >= 11 is 5.13. The minimum absolute atomic E-state index is 0.0446. The van der Waals surface area contributed by atoms with E-state index in [4.69, 9.17) is 12.2 Å². The van der Waals surface area contributed by atoms with Crippen molar-refractivity contribution in [1.29, 1.82) is 0 Å². The average molecular weight is 385 g/mol. The highest BCUT2D eigenvalue weighted by Crippen LogP contribution is 2.26. The second kappa shape index (κ2) is 7.08.